The van der Waals surface area contributed by atoms with E-state index in [2.05, 4.69) is 5.32 Å². The Hall–Kier alpha value is -2.24. The summed E-state index contributed by atoms with van der Waals surface area (Å²) in [7, 11) is 3.19. The molecular weight excluding hydrogens is 354 g/mol. The lowest BCUT2D eigenvalue weighted by atomic mass is 10.1. The zero-order valence-electron chi connectivity index (χ0n) is 15.5. The Bertz CT molecular complexity index is 763. The number of nitrogens with one attached hydrogen (secondary N) is 1. The van der Waals surface area contributed by atoms with Gasteiger partial charge in [-0.15, -0.1) is 0 Å². The van der Waals surface area contributed by atoms with Crippen LogP contribution in [0.15, 0.2) is 36.4 Å². The van der Waals surface area contributed by atoms with Crippen molar-refractivity contribution in [3.63, 3.8) is 0 Å². The van der Waals surface area contributed by atoms with Gasteiger partial charge in [0.2, 0.25) is 0 Å². The van der Waals surface area contributed by atoms with Crippen molar-refractivity contribution in [3.05, 3.63) is 58.1 Å². The minimum atomic E-state index is -0.166. The molecule has 0 radical (unpaired) electrons. The van der Waals surface area contributed by atoms with E-state index in [-0.39, 0.29) is 18.6 Å². The van der Waals surface area contributed by atoms with Crippen LogP contribution in [0.1, 0.15) is 28.4 Å². The Balaban J connectivity index is 2.13. The quantitative estimate of drug-likeness (QED) is 0.755. The molecule has 1 N–H and O–H groups in total. The van der Waals surface area contributed by atoms with E-state index >= 15 is 0 Å². The van der Waals surface area contributed by atoms with Crippen LogP contribution in [0.25, 0.3) is 0 Å². The number of benzene rings is 2. The molecule has 0 aliphatic heterocycles. The molecule has 0 aromatic heterocycles. The number of methoxy groups -OCH3 is 2. The molecule has 0 aliphatic carbocycles. The van der Waals surface area contributed by atoms with Gasteiger partial charge in [-0.1, -0.05) is 11.6 Å². The van der Waals surface area contributed by atoms with Gasteiger partial charge in [0.25, 0.3) is 5.91 Å². The van der Waals surface area contributed by atoms with Crippen LogP contribution in [-0.2, 0) is 11.3 Å². The smallest absolute Gasteiger partial charge is 0.251 e. The average Bonchev–Trinajstić information content (AvgIpc) is 2.62. The molecule has 26 heavy (non-hydrogen) atoms. The van der Waals surface area contributed by atoms with Gasteiger partial charge in [0.1, 0.15) is 18.1 Å². The van der Waals surface area contributed by atoms with Crippen LogP contribution in [0, 0.1) is 6.92 Å². The number of aryl methyl sites for hydroxylation is 1. The zero-order valence-corrected chi connectivity index (χ0v) is 16.2. The largest absolute Gasteiger partial charge is 0.496 e. The molecule has 6 heteroatoms. The lowest BCUT2D eigenvalue weighted by molar-refractivity contribution is 0.0905. The van der Waals surface area contributed by atoms with Gasteiger partial charge in [0.15, 0.2) is 0 Å². The van der Waals surface area contributed by atoms with Crippen LogP contribution in [-0.4, -0.2) is 32.8 Å². The first kappa shape index (κ1) is 20.1. The van der Waals surface area contributed by atoms with Crippen LogP contribution in [0.2, 0.25) is 5.02 Å². The van der Waals surface area contributed by atoms with Crippen LogP contribution in [0.4, 0.5) is 0 Å². The highest BCUT2D eigenvalue weighted by Gasteiger charge is 2.13. The maximum Gasteiger partial charge on any atom is 0.251 e. The van der Waals surface area contributed by atoms with Gasteiger partial charge in [0.05, 0.1) is 13.7 Å². The van der Waals surface area contributed by atoms with E-state index in [9.17, 15) is 4.79 Å². The summed E-state index contributed by atoms with van der Waals surface area (Å²) in [6.45, 7) is 4.53. The number of hydrogen-bond donors (Lipinski definition) is 1. The number of carbonyl (C=O) groups excluding carboxylic acids is 1. The van der Waals surface area contributed by atoms with Gasteiger partial charge in [-0.3, -0.25) is 4.79 Å². The lowest BCUT2D eigenvalue weighted by Crippen LogP contribution is -2.35. The second-order valence-corrected chi connectivity index (χ2v) is 6.46. The third-order valence-corrected chi connectivity index (χ3v) is 4.28. The van der Waals surface area contributed by atoms with Crippen LogP contribution >= 0.6 is 11.6 Å². The van der Waals surface area contributed by atoms with Crippen LogP contribution in [0.5, 0.6) is 11.5 Å². The van der Waals surface area contributed by atoms with Crippen molar-refractivity contribution in [2.75, 3.05) is 20.8 Å². The van der Waals surface area contributed by atoms with E-state index in [1.165, 1.54) is 0 Å². The summed E-state index contributed by atoms with van der Waals surface area (Å²) in [5, 5.41) is 3.58. The van der Waals surface area contributed by atoms with Gasteiger partial charge < -0.3 is 19.5 Å². The maximum absolute atomic E-state index is 12.4. The molecule has 0 spiro atoms. The van der Waals surface area contributed by atoms with Gasteiger partial charge in [-0.25, -0.2) is 0 Å². The third kappa shape index (κ3) is 5.38. The van der Waals surface area contributed by atoms with Crippen LogP contribution in [0.3, 0.4) is 0 Å². The number of hydrogen-bond acceptors (Lipinski definition) is 4. The minimum absolute atomic E-state index is 0.0775. The van der Waals surface area contributed by atoms with E-state index in [4.69, 9.17) is 25.8 Å². The topological polar surface area (TPSA) is 56.8 Å². The van der Waals surface area contributed by atoms with Crippen molar-refractivity contribution in [3.8, 4) is 11.5 Å². The number of ether oxygens (including phenoxy) is 3. The fraction of sp³-hybridized carbons (Fsp3) is 0.350. The predicted molar refractivity (Wildman–Crippen MR) is 102 cm³/mol. The highest BCUT2D eigenvalue weighted by molar-refractivity contribution is 6.31. The Labute approximate surface area is 159 Å². The molecule has 0 fully saturated rings. The van der Waals surface area contributed by atoms with Gasteiger partial charge in [-0.05, 0) is 55.8 Å². The van der Waals surface area contributed by atoms with Crippen molar-refractivity contribution in [2.45, 2.75) is 26.5 Å². The van der Waals surface area contributed by atoms with E-state index in [0.717, 1.165) is 11.1 Å². The molecule has 140 valence electrons. The predicted octanol–water partition coefficient (Wildman–Crippen LogP) is 4.00. The minimum Gasteiger partial charge on any atom is -0.496 e. The van der Waals surface area contributed by atoms with E-state index in [1.807, 2.05) is 26.0 Å². The molecule has 1 amide bonds. The number of carbonyl (C=O) groups is 1. The molecule has 1 atom stereocenters. The Morgan fingerprint density at radius 1 is 1.19 bits per heavy atom. The molecule has 2 aromatic carbocycles. The van der Waals surface area contributed by atoms with E-state index in [1.54, 1.807) is 38.5 Å². The summed E-state index contributed by atoms with van der Waals surface area (Å²) in [4.78, 5) is 12.4. The zero-order chi connectivity index (χ0) is 19.1. The average molecular weight is 378 g/mol. The molecule has 0 unspecified atom stereocenters. The van der Waals surface area contributed by atoms with Crippen molar-refractivity contribution >= 4 is 17.5 Å². The summed E-state index contributed by atoms with van der Waals surface area (Å²) in [6, 6.07) is 10.7. The molecule has 0 saturated carbocycles. The summed E-state index contributed by atoms with van der Waals surface area (Å²) in [5.74, 6) is 1.20. The molecule has 0 bridgehead atoms. The Morgan fingerprint density at radius 3 is 2.62 bits per heavy atom. The van der Waals surface area contributed by atoms with Crippen molar-refractivity contribution in [1.82, 2.24) is 5.32 Å². The summed E-state index contributed by atoms with van der Waals surface area (Å²) in [5.41, 5.74) is 2.27. The lowest BCUT2D eigenvalue weighted by Gasteiger charge is -2.15. The first-order chi connectivity index (χ1) is 12.4. The summed E-state index contributed by atoms with van der Waals surface area (Å²) < 4.78 is 16.3. The fourth-order valence-electron chi connectivity index (χ4n) is 2.50. The third-order valence-electron chi connectivity index (χ3n) is 3.86. The second-order valence-electron chi connectivity index (χ2n) is 6.06. The molecule has 2 aromatic rings. The number of rotatable bonds is 8. The monoisotopic (exact) mass is 377 g/mol. The number of halogens is 1. The van der Waals surface area contributed by atoms with Gasteiger partial charge >= 0.3 is 0 Å². The standard InChI is InChI=1S/C20H24ClNO4/c1-13-9-17(6-7-18(13)21)26-12-16-10-15(5-8-19(16)25-4)20(23)22-14(2)11-24-3/h5-10,14H,11-12H2,1-4H3,(H,22,23)/t14-/m0/s1. The van der Waals surface area contributed by atoms with Gasteiger partial charge in [-0.2, -0.15) is 0 Å². The highest BCUT2D eigenvalue weighted by Crippen LogP contribution is 2.25. The molecule has 2 rings (SSSR count). The first-order valence-electron chi connectivity index (χ1n) is 8.30. The molecule has 0 heterocycles. The van der Waals surface area contributed by atoms with Crippen molar-refractivity contribution in [1.29, 1.82) is 0 Å². The maximum atomic E-state index is 12.4. The molecule has 0 saturated heterocycles. The Kier molecular flexibility index (Phi) is 7.30. The van der Waals surface area contributed by atoms with Gasteiger partial charge in [0, 0.05) is 29.3 Å². The first-order valence-corrected chi connectivity index (χ1v) is 8.68. The molecular formula is C20H24ClNO4. The summed E-state index contributed by atoms with van der Waals surface area (Å²) >= 11 is 6.04. The second kappa shape index (κ2) is 9.46. The fourth-order valence-corrected chi connectivity index (χ4v) is 2.62. The van der Waals surface area contributed by atoms with Crippen molar-refractivity contribution < 1.29 is 19.0 Å². The van der Waals surface area contributed by atoms with Crippen molar-refractivity contribution in [2.24, 2.45) is 0 Å². The SMILES string of the molecule is COC[C@H](C)NC(=O)c1ccc(OC)c(COc2ccc(Cl)c(C)c2)c1. The van der Waals surface area contributed by atoms with E-state index in [0.29, 0.717) is 28.7 Å². The number of amides is 1. The molecule has 5 nitrogen and oxygen atoms in total. The van der Waals surface area contributed by atoms with E-state index < -0.39 is 0 Å². The van der Waals surface area contributed by atoms with Crippen LogP contribution < -0.4 is 14.8 Å². The summed E-state index contributed by atoms with van der Waals surface area (Å²) in [6.07, 6.45) is 0. The Morgan fingerprint density at radius 2 is 1.96 bits per heavy atom. The highest BCUT2D eigenvalue weighted by atomic mass is 35.5. The normalized spacial score (nSPS) is 11.7. The molecule has 0 aliphatic rings.